The van der Waals surface area contributed by atoms with Crippen molar-refractivity contribution in [1.29, 1.82) is 0 Å². The van der Waals surface area contributed by atoms with Crippen LogP contribution in [0.5, 0.6) is 0 Å². The SMILES string of the molecule is Cc1nc(NC(=O)CC(C)(C)CC(=O)O)sc1C. The maximum Gasteiger partial charge on any atom is 0.303 e. The number of hydrogen-bond acceptors (Lipinski definition) is 4. The molecule has 1 rings (SSSR count). The number of carbonyl (C=O) groups is 2. The monoisotopic (exact) mass is 270 g/mol. The van der Waals surface area contributed by atoms with Crippen LogP contribution in [0.4, 0.5) is 5.13 Å². The molecule has 0 saturated carbocycles. The molecule has 100 valence electrons. The second-order valence-corrected chi connectivity index (χ2v) is 6.32. The molecular formula is C12H18N2O3S. The van der Waals surface area contributed by atoms with Crippen LogP contribution in [-0.4, -0.2) is 22.0 Å². The summed E-state index contributed by atoms with van der Waals surface area (Å²) in [7, 11) is 0. The van der Waals surface area contributed by atoms with Gasteiger partial charge in [-0.25, -0.2) is 4.98 Å². The van der Waals surface area contributed by atoms with Crippen molar-refractivity contribution in [1.82, 2.24) is 4.98 Å². The summed E-state index contributed by atoms with van der Waals surface area (Å²) in [4.78, 5) is 27.7. The van der Waals surface area contributed by atoms with Gasteiger partial charge in [-0.1, -0.05) is 13.8 Å². The number of rotatable bonds is 5. The molecule has 2 N–H and O–H groups in total. The van der Waals surface area contributed by atoms with Gasteiger partial charge in [0.25, 0.3) is 0 Å². The maximum atomic E-state index is 11.8. The Kier molecular flexibility index (Phi) is 4.45. The third-order valence-electron chi connectivity index (χ3n) is 2.54. The Bertz CT molecular complexity index is 446. The molecule has 0 aliphatic rings. The fourth-order valence-electron chi connectivity index (χ4n) is 1.60. The molecule has 18 heavy (non-hydrogen) atoms. The van der Waals surface area contributed by atoms with Gasteiger partial charge < -0.3 is 10.4 Å². The minimum Gasteiger partial charge on any atom is -0.481 e. The summed E-state index contributed by atoms with van der Waals surface area (Å²) < 4.78 is 0. The Hall–Kier alpha value is -1.43. The predicted molar refractivity (Wildman–Crippen MR) is 70.9 cm³/mol. The first-order valence-corrected chi connectivity index (χ1v) is 6.47. The van der Waals surface area contributed by atoms with E-state index in [1.165, 1.54) is 11.3 Å². The van der Waals surface area contributed by atoms with E-state index < -0.39 is 11.4 Å². The van der Waals surface area contributed by atoms with Crippen LogP contribution in [-0.2, 0) is 9.59 Å². The minimum absolute atomic E-state index is 0.0314. The molecule has 6 heteroatoms. The third kappa shape index (κ3) is 4.44. The van der Waals surface area contributed by atoms with Crippen LogP contribution in [0.25, 0.3) is 0 Å². The normalized spacial score (nSPS) is 11.3. The van der Waals surface area contributed by atoms with Gasteiger partial charge in [-0.3, -0.25) is 9.59 Å². The van der Waals surface area contributed by atoms with Gasteiger partial charge in [-0.05, 0) is 19.3 Å². The molecule has 1 aromatic rings. The van der Waals surface area contributed by atoms with Crippen molar-refractivity contribution in [3.8, 4) is 0 Å². The van der Waals surface area contributed by atoms with E-state index in [0.717, 1.165) is 10.6 Å². The lowest BCUT2D eigenvalue weighted by molar-refractivity contribution is -0.139. The van der Waals surface area contributed by atoms with Crippen LogP contribution < -0.4 is 5.32 Å². The Labute approximate surface area is 110 Å². The van der Waals surface area contributed by atoms with Gasteiger partial charge in [-0.2, -0.15) is 0 Å². The lowest BCUT2D eigenvalue weighted by atomic mass is 9.85. The number of carboxylic acid groups (broad SMARTS) is 1. The smallest absolute Gasteiger partial charge is 0.303 e. The number of amides is 1. The molecule has 0 unspecified atom stereocenters. The zero-order valence-electron chi connectivity index (χ0n) is 11.0. The van der Waals surface area contributed by atoms with E-state index in [2.05, 4.69) is 10.3 Å². The molecule has 0 fully saturated rings. The second-order valence-electron chi connectivity index (χ2n) is 5.12. The van der Waals surface area contributed by atoms with Crippen molar-refractivity contribution in [2.45, 2.75) is 40.5 Å². The van der Waals surface area contributed by atoms with Crippen molar-refractivity contribution in [3.05, 3.63) is 10.6 Å². The van der Waals surface area contributed by atoms with Gasteiger partial charge in [0.15, 0.2) is 5.13 Å². The van der Waals surface area contributed by atoms with Crippen LogP contribution in [0.15, 0.2) is 0 Å². The number of anilines is 1. The van der Waals surface area contributed by atoms with E-state index >= 15 is 0 Å². The van der Waals surface area contributed by atoms with Crippen molar-refractivity contribution in [3.63, 3.8) is 0 Å². The van der Waals surface area contributed by atoms with Crippen molar-refractivity contribution >= 4 is 28.3 Å². The Morgan fingerprint density at radius 1 is 1.33 bits per heavy atom. The van der Waals surface area contributed by atoms with Crippen LogP contribution in [0, 0.1) is 19.3 Å². The van der Waals surface area contributed by atoms with Gasteiger partial charge >= 0.3 is 5.97 Å². The maximum absolute atomic E-state index is 11.8. The van der Waals surface area contributed by atoms with Gasteiger partial charge in [0, 0.05) is 11.3 Å². The fourth-order valence-corrected chi connectivity index (χ4v) is 2.43. The fraction of sp³-hybridized carbons (Fsp3) is 0.583. The Morgan fingerprint density at radius 2 is 1.94 bits per heavy atom. The van der Waals surface area contributed by atoms with Crippen molar-refractivity contribution < 1.29 is 14.7 Å². The van der Waals surface area contributed by atoms with Gasteiger partial charge in [0.1, 0.15) is 0 Å². The number of nitrogens with one attached hydrogen (secondary N) is 1. The molecule has 0 atom stereocenters. The largest absolute Gasteiger partial charge is 0.481 e. The molecule has 5 nitrogen and oxygen atoms in total. The van der Waals surface area contributed by atoms with E-state index in [9.17, 15) is 9.59 Å². The van der Waals surface area contributed by atoms with Crippen LogP contribution in [0.3, 0.4) is 0 Å². The first kappa shape index (κ1) is 14.6. The Morgan fingerprint density at radius 3 is 2.39 bits per heavy atom. The molecule has 0 radical (unpaired) electrons. The highest BCUT2D eigenvalue weighted by Crippen LogP contribution is 2.27. The number of hydrogen-bond donors (Lipinski definition) is 2. The number of nitrogens with zero attached hydrogens (tertiary/aromatic N) is 1. The molecule has 0 aliphatic heterocycles. The average molecular weight is 270 g/mol. The third-order valence-corrected chi connectivity index (χ3v) is 3.53. The van der Waals surface area contributed by atoms with E-state index in [1.54, 1.807) is 13.8 Å². The second kappa shape index (κ2) is 5.48. The summed E-state index contributed by atoms with van der Waals surface area (Å²) in [6.45, 7) is 7.35. The minimum atomic E-state index is -0.895. The number of aryl methyl sites for hydroxylation is 2. The van der Waals surface area contributed by atoms with Gasteiger partial charge in [-0.15, -0.1) is 11.3 Å². The highest BCUT2D eigenvalue weighted by atomic mass is 32.1. The van der Waals surface area contributed by atoms with E-state index in [0.29, 0.717) is 5.13 Å². The lowest BCUT2D eigenvalue weighted by Gasteiger charge is -2.20. The summed E-state index contributed by atoms with van der Waals surface area (Å²) >= 11 is 1.42. The van der Waals surface area contributed by atoms with E-state index in [4.69, 9.17) is 5.11 Å². The molecule has 0 aromatic carbocycles. The zero-order chi connectivity index (χ0) is 13.9. The molecule has 1 heterocycles. The molecular weight excluding hydrogens is 252 g/mol. The first-order valence-electron chi connectivity index (χ1n) is 5.65. The van der Waals surface area contributed by atoms with Crippen LogP contribution >= 0.6 is 11.3 Å². The van der Waals surface area contributed by atoms with Crippen LogP contribution in [0.2, 0.25) is 0 Å². The quantitative estimate of drug-likeness (QED) is 0.862. The molecule has 1 amide bonds. The number of aliphatic carboxylic acids is 1. The average Bonchev–Trinajstić information content (AvgIpc) is 2.40. The molecule has 1 aromatic heterocycles. The summed E-state index contributed by atoms with van der Waals surface area (Å²) in [6, 6.07) is 0. The first-order chi connectivity index (χ1) is 8.19. The number of thiazole rings is 1. The topological polar surface area (TPSA) is 79.3 Å². The van der Waals surface area contributed by atoms with E-state index in [1.807, 2.05) is 13.8 Å². The number of carbonyl (C=O) groups excluding carboxylic acids is 1. The lowest BCUT2D eigenvalue weighted by Crippen LogP contribution is -2.24. The van der Waals surface area contributed by atoms with Gasteiger partial charge in [0.05, 0.1) is 12.1 Å². The van der Waals surface area contributed by atoms with Gasteiger partial charge in [0.2, 0.25) is 5.91 Å². The number of carboxylic acids is 1. The van der Waals surface area contributed by atoms with Crippen LogP contribution in [0.1, 0.15) is 37.3 Å². The van der Waals surface area contributed by atoms with Crippen molar-refractivity contribution in [2.24, 2.45) is 5.41 Å². The molecule has 0 aliphatic carbocycles. The number of aromatic nitrogens is 1. The van der Waals surface area contributed by atoms with Crippen molar-refractivity contribution in [2.75, 3.05) is 5.32 Å². The van der Waals surface area contributed by atoms with E-state index in [-0.39, 0.29) is 18.7 Å². The zero-order valence-corrected chi connectivity index (χ0v) is 11.8. The summed E-state index contributed by atoms with van der Waals surface area (Å²) in [5, 5.41) is 12.0. The molecule has 0 saturated heterocycles. The molecule has 0 spiro atoms. The summed E-state index contributed by atoms with van der Waals surface area (Å²) in [5.74, 6) is -1.09. The highest BCUT2D eigenvalue weighted by Gasteiger charge is 2.25. The summed E-state index contributed by atoms with van der Waals surface area (Å²) in [6.07, 6.45) is 0.132. The predicted octanol–water partition coefficient (Wildman–Crippen LogP) is 2.59. The standard InChI is InChI=1S/C12H18N2O3S/c1-7-8(2)18-11(13-7)14-9(15)5-12(3,4)6-10(16)17/h5-6H2,1-4H3,(H,16,17)(H,13,14,15). The summed E-state index contributed by atoms with van der Waals surface area (Å²) in [5.41, 5.74) is 0.345. The molecule has 0 bridgehead atoms. The highest BCUT2D eigenvalue weighted by molar-refractivity contribution is 7.15. The Balaban J connectivity index is 2.59.